The number of anilines is 2. The standard InChI is InChI=1S/C14H9F4N3/c15-9-2-4-10(5-3-9)19-13-20-11-6-1-8(14(16,17)18)7-12(11)21-13/h1-7H,(H2,19,20,21). The number of aromatic amines is 1. The molecule has 0 atom stereocenters. The smallest absolute Gasteiger partial charge is 0.326 e. The summed E-state index contributed by atoms with van der Waals surface area (Å²) in [4.78, 5) is 6.88. The van der Waals surface area contributed by atoms with Gasteiger partial charge in [-0.1, -0.05) is 0 Å². The van der Waals surface area contributed by atoms with Crippen LogP contribution in [0.1, 0.15) is 5.56 Å². The zero-order chi connectivity index (χ0) is 15.0. The molecule has 7 heteroatoms. The fraction of sp³-hybridized carbons (Fsp3) is 0.0714. The molecule has 0 aliphatic heterocycles. The average Bonchev–Trinajstić information content (AvgIpc) is 2.81. The van der Waals surface area contributed by atoms with Crippen LogP contribution in [-0.2, 0) is 6.18 Å². The van der Waals surface area contributed by atoms with Crippen LogP contribution in [0.5, 0.6) is 0 Å². The van der Waals surface area contributed by atoms with E-state index in [-0.39, 0.29) is 17.3 Å². The number of fused-ring (bicyclic) bond motifs is 1. The predicted molar refractivity (Wildman–Crippen MR) is 70.8 cm³/mol. The normalized spacial score (nSPS) is 11.8. The van der Waals surface area contributed by atoms with Gasteiger partial charge in [0.25, 0.3) is 0 Å². The summed E-state index contributed by atoms with van der Waals surface area (Å²) in [5.74, 6) is -0.0871. The molecule has 21 heavy (non-hydrogen) atoms. The molecule has 0 aliphatic carbocycles. The van der Waals surface area contributed by atoms with Gasteiger partial charge in [0.1, 0.15) is 5.82 Å². The van der Waals surface area contributed by atoms with Crippen molar-refractivity contribution in [3.05, 3.63) is 53.8 Å². The molecule has 0 unspecified atom stereocenters. The number of benzene rings is 2. The van der Waals surface area contributed by atoms with E-state index in [1.807, 2.05) is 0 Å². The molecule has 0 radical (unpaired) electrons. The molecule has 0 bridgehead atoms. The van der Waals surface area contributed by atoms with Crippen LogP contribution < -0.4 is 5.32 Å². The number of alkyl halides is 3. The molecule has 0 saturated heterocycles. The van der Waals surface area contributed by atoms with Crippen LogP contribution in [-0.4, -0.2) is 9.97 Å². The maximum atomic E-state index is 12.8. The molecule has 1 aromatic heterocycles. The number of halogens is 4. The van der Waals surface area contributed by atoms with Gasteiger partial charge in [0.05, 0.1) is 16.6 Å². The van der Waals surface area contributed by atoms with E-state index in [1.54, 1.807) is 0 Å². The molecule has 1 heterocycles. The second kappa shape index (κ2) is 4.76. The van der Waals surface area contributed by atoms with Gasteiger partial charge in [0.15, 0.2) is 0 Å². The fourth-order valence-corrected chi connectivity index (χ4v) is 1.92. The van der Waals surface area contributed by atoms with Crippen LogP contribution in [0.2, 0.25) is 0 Å². The minimum Gasteiger partial charge on any atom is -0.326 e. The lowest BCUT2D eigenvalue weighted by Crippen LogP contribution is -2.04. The Hall–Kier alpha value is -2.57. The van der Waals surface area contributed by atoms with Gasteiger partial charge in [0, 0.05) is 5.69 Å². The van der Waals surface area contributed by atoms with E-state index in [0.717, 1.165) is 12.1 Å². The van der Waals surface area contributed by atoms with Crippen LogP contribution in [0.3, 0.4) is 0 Å². The first-order valence-electron chi connectivity index (χ1n) is 6.01. The summed E-state index contributed by atoms with van der Waals surface area (Å²) in [5, 5.41) is 2.86. The Labute approximate surface area is 116 Å². The summed E-state index contributed by atoms with van der Waals surface area (Å²) in [6.45, 7) is 0. The van der Waals surface area contributed by atoms with Gasteiger partial charge >= 0.3 is 6.18 Å². The lowest BCUT2D eigenvalue weighted by Gasteiger charge is -2.05. The largest absolute Gasteiger partial charge is 0.416 e. The summed E-state index contributed by atoms with van der Waals surface area (Å²) in [5.41, 5.74) is 0.514. The Balaban J connectivity index is 1.92. The Morgan fingerprint density at radius 3 is 2.38 bits per heavy atom. The maximum absolute atomic E-state index is 12.8. The maximum Gasteiger partial charge on any atom is 0.416 e. The monoisotopic (exact) mass is 295 g/mol. The number of H-pyrrole nitrogens is 1. The number of nitrogens with zero attached hydrogens (tertiary/aromatic N) is 1. The topological polar surface area (TPSA) is 40.7 Å². The Morgan fingerprint density at radius 2 is 1.71 bits per heavy atom. The molecule has 108 valence electrons. The third-order valence-electron chi connectivity index (χ3n) is 2.92. The highest BCUT2D eigenvalue weighted by molar-refractivity contribution is 5.79. The molecule has 2 aromatic carbocycles. The second-order valence-corrected chi connectivity index (χ2v) is 4.45. The van der Waals surface area contributed by atoms with Gasteiger partial charge in [-0.2, -0.15) is 13.2 Å². The van der Waals surface area contributed by atoms with Gasteiger partial charge in [-0.3, -0.25) is 0 Å². The SMILES string of the molecule is Fc1ccc(Nc2nc3ccc(C(F)(F)F)cc3[nH]2)cc1. The van der Waals surface area contributed by atoms with Crippen LogP contribution in [0.25, 0.3) is 11.0 Å². The molecule has 0 aliphatic rings. The molecule has 0 amide bonds. The average molecular weight is 295 g/mol. The highest BCUT2D eigenvalue weighted by Gasteiger charge is 2.30. The van der Waals surface area contributed by atoms with Crippen molar-refractivity contribution >= 4 is 22.7 Å². The van der Waals surface area contributed by atoms with Gasteiger partial charge in [0.2, 0.25) is 5.95 Å². The second-order valence-electron chi connectivity index (χ2n) is 4.45. The van der Waals surface area contributed by atoms with Crippen molar-refractivity contribution in [2.75, 3.05) is 5.32 Å². The van der Waals surface area contributed by atoms with Crippen LogP contribution >= 0.6 is 0 Å². The fourth-order valence-electron chi connectivity index (χ4n) is 1.92. The molecule has 2 N–H and O–H groups in total. The van der Waals surface area contributed by atoms with E-state index < -0.39 is 11.7 Å². The summed E-state index contributed by atoms with van der Waals surface area (Å²) >= 11 is 0. The number of imidazole rings is 1. The Bertz CT molecular complexity index is 775. The quantitative estimate of drug-likeness (QED) is 0.685. The third kappa shape index (κ3) is 2.81. The van der Waals surface area contributed by atoms with Crippen molar-refractivity contribution < 1.29 is 17.6 Å². The molecule has 0 saturated carbocycles. The van der Waals surface area contributed by atoms with Crippen molar-refractivity contribution in [3.8, 4) is 0 Å². The van der Waals surface area contributed by atoms with Crippen molar-refractivity contribution in [2.24, 2.45) is 0 Å². The van der Waals surface area contributed by atoms with Gasteiger partial charge in [-0.05, 0) is 42.5 Å². The van der Waals surface area contributed by atoms with Gasteiger partial charge in [-0.15, -0.1) is 0 Å². The van der Waals surface area contributed by atoms with Crippen molar-refractivity contribution in [1.82, 2.24) is 9.97 Å². The van der Waals surface area contributed by atoms with Crippen molar-refractivity contribution in [3.63, 3.8) is 0 Å². The van der Waals surface area contributed by atoms with E-state index in [1.165, 1.54) is 30.3 Å². The number of aromatic nitrogens is 2. The number of hydrogen-bond acceptors (Lipinski definition) is 2. The lowest BCUT2D eigenvalue weighted by atomic mass is 10.2. The van der Waals surface area contributed by atoms with E-state index >= 15 is 0 Å². The van der Waals surface area contributed by atoms with Crippen LogP contribution in [0.15, 0.2) is 42.5 Å². The van der Waals surface area contributed by atoms with E-state index in [4.69, 9.17) is 0 Å². The minimum absolute atomic E-state index is 0.273. The summed E-state index contributed by atoms with van der Waals surface area (Å²) in [6, 6.07) is 8.82. The van der Waals surface area contributed by atoms with Gasteiger partial charge in [-0.25, -0.2) is 9.37 Å². The van der Waals surface area contributed by atoms with Gasteiger partial charge < -0.3 is 10.3 Å². The van der Waals surface area contributed by atoms with E-state index in [2.05, 4.69) is 15.3 Å². The third-order valence-corrected chi connectivity index (χ3v) is 2.92. The molecule has 0 spiro atoms. The minimum atomic E-state index is -4.40. The van der Waals surface area contributed by atoms with Crippen molar-refractivity contribution in [2.45, 2.75) is 6.18 Å². The summed E-state index contributed by atoms with van der Waals surface area (Å²) in [7, 11) is 0. The van der Waals surface area contributed by atoms with E-state index in [9.17, 15) is 17.6 Å². The molecule has 0 fully saturated rings. The zero-order valence-electron chi connectivity index (χ0n) is 10.5. The molecule has 3 aromatic rings. The number of hydrogen-bond donors (Lipinski definition) is 2. The summed E-state index contributed by atoms with van der Waals surface area (Å²) < 4.78 is 50.7. The lowest BCUT2D eigenvalue weighted by molar-refractivity contribution is -0.137. The number of nitrogens with one attached hydrogen (secondary N) is 2. The first kappa shape index (κ1) is 13.4. The molecule has 3 nitrogen and oxygen atoms in total. The number of rotatable bonds is 2. The molecular formula is C14H9F4N3. The predicted octanol–water partition coefficient (Wildman–Crippen LogP) is 4.46. The van der Waals surface area contributed by atoms with Crippen molar-refractivity contribution in [1.29, 1.82) is 0 Å². The first-order chi connectivity index (χ1) is 9.91. The Kier molecular flexibility index (Phi) is 3.04. The van der Waals surface area contributed by atoms with Crippen LogP contribution in [0, 0.1) is 5.82 Å². The first-order valence-corrected chi connectivity index (χ1v) is 6.01. The van der Waals surface area contributed by atoms with Crippen LogP contribution in [0.4, 0.5) is 29.2 Å². The zero-order valence-corrected chi connectivity index (χ0v) is 10.5. The van der Waals surface area contributed by atoms with E-state index in [0.29, 0.717) is 11.2 Å². The molecule has 3 rings (SSSR count). The highest BCUT2D eigenvalue weighted by atomic mass is 19.4. The summed E-state index contributed by atoms with van der Waals surface area (Å²) in [6.07, 6.45) is -4.40. The Morgan fingerprint density at radius 1 is 1.00 bits per heavy atom. The molecular weight excluding hydrogens is 286 g/mol. The highest BCUT2D eigenvalue weighted by Crippen LogP contribution is 2.31.